The van der Waals surface area contributed by atoms with Crippen molar-refractivity contribution in [1.82, 2.24) is 0 Å². The van der Waals surface area contributed by atoms with Crippen molar-refractivity contribution < 1.29 is 9.53 Å². The number of ether oxygens (including phenoxy) is 1. The highest BCUT2D eigenvalue weighted by Crippen LogP contribution is 2.22. The molecular weight excluding hydrogens is 346 g/mol. The van der Waals surface area contributed by atoms with Crippen LogP contribution in [0.25, 0.3) is 0 Å². The Bertz CT molecular complexity index is 892. The number of esters is 1. The fraction of sp³-hybridized carbons (Fsp3) is 0.240. The van der Waals surface area contributed by atoms with Gasteiger partial charge in [-0.2, -0.15) is 0 Å². The molecule has 0 unspecified atom stereocenters. The molecule has 3 nitrogen and oxygen atoms in total. The van der Waals surface area contributed by atoms with Crippen molar-refractivity contribution in [2.75, 3.05) is 5.32 Å². The minimum atomic E-state index is -0.312. The Labute approximate surface area is 167 Å². The first kappa shape index (κ1) is 19.7. The Morgan fingerprint density at radius 2 is 1.46 bits per heavy atom. The topological polar surface area (TPSA) is 38.3 Å². The Morgan fingerprint density at radius 3 is 2.07 bits per heavy atom. The minimum Gasteiger partial charge on any atom is -0.457 e. The van der Waals surface area contributed by atoms with Gasteiger partial charge in [0.2, 0.25) is 0 Å². The molecule has 0 spiro atoms. The zero-order valence-corrected chi connectivity index (χ0v) is 16.7. The summed E-state index contributed by atoms with van der Waals surface area (Å²) in [5, 5.41) is 3.39. The third-order valence-electron chi connectivity index (χ3n) is 4.65. The summed E-state index contributed by atoms with van der Waals surface area (Å²) in [6.45, 7) is 7.67. The lowest BCUT2D eigenvalue weighted by Crippen LogP contribution is -2.11. The largest absolute Gasteiger partial charge is 0.457 e. The Morgan fingerprint density at radius 1 is 0.821 bits per heavy atom. The summed E-state index contributed by atoms with van der Waals surface area (Å²) >= 11 is 0. The van der Waals surface area contributed by atoms with Gasteiger partial charge in [-0.3, -0.25) is 0 Å². The lowest BCUT2D eigenvalue weighted by Gasteiger charge is -2.19. The summed E-state index contributed by atoms with van der Waals surface area (Å²) in [6, 6.07) is 25.7. The monoisotopic (exact) mass is 373 g/mol. The maximum Gasteiger partial charge on any atom is 0.338 e. The molecule has 0 saturated heterocycles. The summed E-state index contributed by atoms with van der Waals surface area (Å²) < 4.78 is 5.36. The van der Waals surface area contributed by atoms with Gasteiger partial charge in [0.05, 0.1) is 5.56 Å². The third kappa shape index (κ3) is 5.46. The van der Waals surface area contributed by atoms with Gasteiger partial charge in [0, 0.05) is 12.2 Å². The molecule has 3 aromatic carbocycles. The molecule has 0 aliphatic heterocycles. The van der Waals surface area contributed by atoms with E-state index in [1.165, 1.54) is 11.1 Å². The Balaban J connectivity index is 1.52. The first-order valence-electron chi connectivity index (χ1n) is 9.56. The van der Waals surface area contributed by atoms with Crippen LogP contribution in [0.5, 0.6) is 0 Å². The molecule has 28 heavy (non-hydrogen) atoms. The van der Waals surface area contributed by atoms with E-state index in [-0.39, 0.29) is 18.0 Å². The van der Waals surface area contributed by atoms with Crippen LogP contribution in [0, 0.1) is 0 Å². The average molecular weight is 373 g/mol. The van der Waals surface area contributed by atoms with E-state index >= 15 is 0 Å². The van der Waals surface area contributed by atoms with Crippen molar-refractivity contribution >= 4 is 11.7 Å². The molecule has 144 valence electrons. The fourth-order valence-corrected chi connectivity index (χ4v) is 2.86. The molecule has 0 aliphatic rings. The number of anilines is 1. The van der Waals surface area contributed by atoms with Crippen molar-refractivity contribution in [3.05, 3.63) is 101 Å². The summed E-state index contributed by atoms with van der Waals surface area (Å²) in [4.78, 5) is 12.2. The SMILES string of the molecule is CC(C)(C)c1ccc(CNc2ccc(C(=O)OCc3ccccc3)cc2)cc1. The van der Waals surface area contributed by atoms with E-state index in [0.29, 0.717) is 5.56 Å². The highest BCUT2D eigenvalue weighted by atomic mass is 16.5. The quantitative estimate of drug-likeness (QED) is 0.542. The lowest BCUT2D eigenvalue weighted by atomic mass is 9.87. The molecule has 0 aliphatic carbocycles. The zero-order valence-electron chi connectivity index (χ0n) is 16.7. The molecule has 0 heterocycles. The van der Waals surface area contributed by atoms with Gasteiger partial charge in [0.25, 0.3) is 0 Å². The maximum atomic E-state index is 12.2. The van der Waals surface area contributed by atoms with Crippen LogP contribution in [0.3, 0.4) is 0 Å². The molecule has 0 atom stereocenters. The Hall–Kier alpha value is -3.07. The van der Waals surface area contributed by atoms with E-state index in [4.69, 9.17) is 4.74 Å². The maximum absolute atomic E-state index is 12.2. The molecule has 1 N–H and O–H groups in total. The van der Waals surface area contributed by atoms with Crippen molar-refractivity contribution in [3.8, 4) is 0 Å². The van der Waals surface area contributed by atoms with Gasteiger partial charge in [0.1, 0.15) is 6.61 Å². The number of benzene rings is 3. The summed E-state index contributed by atoms with van der Waals surface area (Å²) in [7, 11) is 0. The summed E-state index contributed by atoms with van der Waals surface area (Å²) in [5.41, 5.74) is 5.22. The summed E-state index contributed by atoms with van der Waals surface area (Å²) in [5.74, 6) is -0.312. The standard InChI is InChI=1S/C25H27NO2/c1-25(2,3)22-13-9-19(10-14-22)17-26-23-15-11-21(12-16-23)24(27)28-18-20-7-5-4-6-8-20/h4-16,26H,17-18H2,1-3H3. The van der Waals surface area contributed by atoms with Crippen LogP contribution in [0.4, 0.5) is 5.69 Å². The highest BCUT2D eigenvalue weighted by molar-refractivity contribution is 5.89. The molecule has 3 heteroatoms. The van der Waals surface area contributed by atoms with E-state index in [1.807, 2.05) is 42.5 Å². The van der Waals surface area contributed by atoms with E-state index in [0.717, 1.165) is 17.8 Å². The summed E-state index contributed by atoms with van der Waals surface area (Å²) in [6.07, 6.45) is 0. The van der Waals surface area contributed by atoms with Gasteiger partial charge in [-0.05, 0) is 46.4 Å². The van der Waals surface area contributed by atoms with Crippen molar-refractivity contribution in [1.29, 1.82) is 0 Å². The van der Waals surface area contributed by atoms with Crippen LogP contribution in [0.1, 0.15) is 47.8 Å². The first-order valence-corrected chi connectivity index (χ1v) is 9.56. The van der Waals surface area contributed by atoms with Gasteiger partial charge >= 0.3 is 5.97 Å². The second kappa shape index (κ2) is 8.75. The number of hydrogen-bond donors (Lipinski definition) is 1. The van der Waals surface area contributed by atoms with Gasteiger partial charge in [-0.25, -0.2) is 4.79 Å². The number of carbonyl (C=O) groups is 1. The number of hydrogen-bond acceptors (Lipinski definition) is 3. The Kier molecular flexibility index (Phi) is 6.15. The van der Waals surface area contributed by atoms with Crippen LogP contribution < -0.4 is 5.32 Å². The van der Waals surface area contributed by atoms with Gasteiger partial charge in [0.15, 0.2) is 0 Å². The van der Waals surface area contributed by atoms with Crippen molar-refractivity contribution in [2.45, 2.75) is 39.3 Å². The van der Waals surface area contributed by atoms with E-state index in [1.54, 1.807) is 12.1 Å². The normalized spacial score (nSPS) is 11.1. The predicted molar refractivity (Wildman–Crippen MR) is 114 cm³/mol. The van der Waals surface area contributed by atoms with Crippen LogP contribution in [-0.4, -0.2) is 5.97 Å². The molecule has 0 saturated carbocycles. The van der Waals surface area contributed by atoms with E-state index < -0.39 is 0 Å². The van der Waals surface area contributed by atoms with E-state index in [2.05, 4.69) is 50.4 Å². The molecule has 3 rings (SSSR count). The van der Waals surface area contributed by atoms with Crippen LogP contribution in [0.2, 0.25) is 0 Å². The highest BCUT2D eigenvalue weighted by Gasteiger charge is 2.12. The first-order chi connectivity index (χ1) is 13.4. The van der Waals surface area contributed by atoms with Gasteiger partial charge < -0.3 is 10.1 Å². The second-order valence-corrected chi connectivity index (χ2v) is 7.94. The smallest absolute Gasteiger partial charge is 0.338 e. The number of carbonyl (C=O) groups excluding carboxylic acids is 1. The fourth-order valence-electron chi connectivity index (χ4n) is 2.86. The molecule has 0 aromatic heterocycles. The average Bonchev–Trinajstić information content (AvgIpc) is 2.71. The predicted octanol–water partition coefficient (Wildman–Crippen LogP) is 5.95. The van der Waals surface area contributed by atoms with Crippen LogP contribution in [-0.2, 0) is 23.3 Å². The molecular formula is C25H27NO2. The van der Waals surface area contributed by atoms with Crippen LogP contribution >= 0.6 is 0 Å². The molecule has 0 fully saturated rings. The van der Waals surface area contributed by atoms with Crippen LogP contribution in [0.15, 0.2) is 78.9 Å². The third-order valence-corrected chi connectivity index (χ3v) is 4.65. The van der Waals surface area contributed by atoms with E-state index in [9.17, 15) is 4.79 Å². The van der Waals surface area contributed by atoms with Crippen molar-refractivity contribution in [2.24, 2.45) is 0 Å². The second-order valence-electron chi connectivity index (χ2n) is 7.94. The molecule has 0 bridgehead atoms. The van der Waals surface area contributed by atoms with Crippen molar-refractivity contribution in [3.63, 3.8) is 0 Å². The van der Waals surface area contributed by atoms with Gasteiger partial charge in [-0.15, -0.1) is 0 Å². The molecule has 0 radical (unpaired) electrons. The minimum absolute atomic E-state index is 0.164. The number of nitrogens with one attached hydrogen (secondary N) is 1. The molecule has 0 amide bonds. The number of rotatable bonds is 6. The zero-order chi connectivity index (χ0) is 20.0. The molecule has 3 aromatic rings. The van der Waals surface area contributed by atoms with Gasteiger partial charge in [-0.1, -0.05) is 75.4 Å². The lowest BCUT2D eigenvalue weighted by molar-refractivity contribution is 0.0473.